The van der Waals surface area contributed by atoms with E-state index in [1.165, 1.54) is 77.0 Å². The Hall–Kier alpha value is -3.20. The van der Waals surface area contributed by atoms with Gasteiger partial charge in [0.1, 0.15) is 12.1 Å². The number of nitrogens with one attached hydrogen (secondary N) is 2. The third-order valence-corrected chi connectivity index (χ3v) is 9.28. The highest BCUT2D eigenvalue weighted by Gasteiger charge is 2.18. The van der Waals surface area contributed by atoms with Gasteiger partial charge in [0.05, 0.1) is 13.2 Å². The summed E-state index contributed by atoms with van der Waals surface area (Å²) in [5, 5.41) is 22.5. The van der Waals surface area contributed by atoms with Crippen molar-refractivity contribution in [2.24, 2.45) is 0 Å². The van der Waals surface area contributed by atoms with E-state index < -0.39 is 24.5 Å². The summed E-state index contributed by atoms with van der Waals surface area (Å²) in [5.74, 6) is -2.41. The summed E-state index contributed by atoms with van der Waals surface area (Å²) in [5.41, 5.74) is 0. The third-order valence-electron chi connectivity index (χ3n) is 9.28. The van der Waals surface area contributed by atoms with E-state index in [0.29, 0.717) is 12.8 Å². The minimum absolute atomic E-state index is 0.124. The molecular formula is C45H78N2O7. The van der Waals surface area contributed by atoms with Crippen molar-refractivity contribution in [2.45, 2.75) is 199 Å². The number of hydrogen-bond acceptors (Lipinski definition) is 6. The summed E-state index contributed by atoms with van der Waals surface area (Å²) in [6.45, 7) is 3.40. The van der Waals surface area contributed by atoms with E-state index in [1.54, 1.807) is 0 Å². The maximum atomic E-state index is 12.7. The first-order valence-corrected chi connectivity index (χ1v) is 21.5. The lowest BCUT2D eigenvalue weighted by Gasteiger charge is -2.15. The molecule has 0 aliphatic heterocycles. The minimum atomic E-state index is -1.39. The molecule has 0 heterocycles. The van der Waals surface area contributed by atoms with Crippen molar-refractivity contribution >= 4 is 23.8 Å². The second-order valence-corrected chi connectivity index (χ2v) is 14.4. The molecule has 4 N–H and O–H groups in total. The van der Waals surface area contributed by atoms with Crippen LogP contribution in [0.5, 0.6) is 0 Å². The third kappa shape index (κ3) is 35.8. The number of amides is 2. The number of rotatable bonds is 38. The SMILES string of the molecule is CCCCC/C=C\C/C=C\C/C=C\CCCCCCCCC(=O)OC(/C=C\CCCCCCCC)CCCCCCC(=O)NCC(=O)NC(CO)C(=O)O. The first kappa shape index (κ1) is 50.8. The number of aliphatic carboxylic acids is 1. The lowest BCUT2D eigenvalue weighted by molar-refractivity contribution is -0.147. The molecule has 0 spiro atoms. The van der Waals surface area contributed by atoms with Gasteiger partial charge in [-0.05, 0) is 83.1 Å². The van der Waals surface area contributed by atoms with Gasteiger partial charge in [0.25, 0.3) is 0 Å². The van der Waals surface area contributed by atoms with E-state index in [0.717, 1.165) is 77.0 Å². The molecule has 0 saturated heterocycles. The molecule has 0 bridgehead atoms. The maximum Gasteiger partial charge on any atom is 0.328 e. The highest BCUT2D eigenvalue weighted by Crippen LogP contribution is 2.15. The number of carbonyl (C=O) groups is 4. The van der Waals surface area contributed by atoms with E-state index in [4.69, 9.17) is 14.9 Å². The van der Waals surface area contributed by atoms with Crippen molar-refractivity contribution in [3.8, 4) is 0 Å². The van der Waals surface area contributed by atoms with Crippen LogP contribution in [-0.2, 0) is 23.9 Å². The Kier molecular flexibility index (Phi) is 37.2. The summed E-state index contributed by atoms with van der Waals surface area (Å²) in [7, 11) is 0. The molecule has 0 aliphatic rings. The molecule has 0 aromatic heterocycles. The molecule has 2 atom stereocenters. The maximum absolute atomic E-state index is 12.7. The second kappa shape index (κ2) is 39.5. The Morgan fingerprint density at radius 3 is 1.65 bits per heavy atom. The smallest absolute Gasteiger partial charge is 0.328 e. The van der Waals surface area contributed by atoms with Crippen molar-refractivity contribution in [2.75, 3.05) is 13.2 Å². The van der Waals surface area contributed by atoms with Crippen molar-refractivity contribution in [1.29, 1.82) is 0 Å². The van der Waals surface area contributed by atoms with Crippen LogP contribution in [0.3, 0.4) is 0 Å². The number of allylic oxidation sites excluding steroid dienone is 7. The molecule has 2 unspecified atom stereocenters. The molecule has 54 heavy (non-hydrogen) atoms. The van der Waals surface area contributed by atoms with E-state index in [-0.39, 0.29) is 30.9 Å². The molecule has 9 nitrogen and oxygen atoms in total. The van der Waals surface area contributed by atoms with E-state index in [2.05, 4.69) is 73.1 Å². The summed E-state index contributed by atoms with van der Waals surface area (Å²) >= 11 is 0. The van der Waals surface area contributed by atoms with Crippen molar-refractivity contribution in [3.05, 3.63) is 48.6 Å². The Balaban J connectivity index is 4.26. The van der Waals surface area contributed by atoms with E-state index in [9.17, 15) is 19.2 Å². The van der Waals surface area contributed by atoms with Crippen molar-refractivity contribution in [1.82, 2.24) is 10.6 Å². The number of ether oxygens (including phenoxy) is 1. The molecule has 0 radical (unpaired) electrons. The van der Waals surface area contributed by atoms with Crippen LogP contribution in [0.4, 0.5) is 0 Å². The van der Waals surface area contributed by atoms with Gasteiger partial charge in [-0.15, -0.1) is 0 Å². The molecule has 310 valence electrons. The molecule has 0 aliphatic carbocycles. The molecule has 0 saturated carbocycles. The second-order valence-electron chi connectivity index (χ2n) is 14.4. The number of aliphatic hydroxyl groups excluding tert-OH is 1. The molecule has 0 aromatic carbocycles. The highest BCUT2D eigenvalue weighted by atomic mass is 16.5. The standard InChI is InChI=1S/C45H78N2O7/c1-3-5-7-9-11-13-14-15-16-17-18-19-20-21-22-23-25-27-33-37-44(51)54-40(34-30-26-24-12-10-8-6-4-2)35-31-28-29-32-36-42(49)46-38-43(50)47-41(39-48)45(52)53/h11,13,15-16,18-19,30,34,40-41,48H,3-10,12,14,17,20-29,31-33,35-39H2,1-2H3,(H,46,49)(H,47,50)(H,52,53)/b13-11-,16-15-,19-18-,34-30-. The van der Waals surface area contributed by atoms with Gasteiger partial charge >= 0.3 is 11.9 Å². The molecule has 0 aromatic rings. The largest absolute Gasteiger partial charge is 0.480 e. The fraction of sp³-hybridized carbons (Fsp3) is 0.733. The average Bonchev–Trinajstić information content (AvgIpc) is 3.15. The molecule has 9 heteroatoms. The lowest BCUT2D eigenvalue weighted by Crippen LogP contribution is -2.47. The van der Waals surface area contributed by atoms with E-state index in [1.807, 2.05) is 0 Å². The minimum Gasteiger partial charge on any atom is -0.480 e. The van der Waals surface area contributed by atoms with Crippen LogP contribution in [0.2, 0.25) is 0 Å². The van der Waals surface area contributed by atoms with Crippen molar-refractivity contribution in [3.63, 3.8) is 0 Å². The Labute approximate surface area is 328 Å². The zero-order chi connectivity index (χ0) is 39.7. The lowest BCUT2D eigenvalue weighted by atomic mass is 10.1. The van der Waals surface area contributed by atoms with Gasteiger partial charge < -0.3 is 25.6 Å². The fourth-order valence-corrected chi connectivity index (χ4v) is 5.92. The van der Waals surface area contributed by atoms with Crippen LogP contribution >= 0.6 is 0 Å². The number of carboxylic acid groups (broad SMARTS) is 1. The number of carboxylic acids is 1. The summed E-state index contributed by atoms with van der Waals surface area (Å²) in [6, 6.07) is -1.39. The molecular weight excluding hydrogens is 681 g/mol. The zero-order valence-corrected chi connectivity index (χ0v) is 34.2. The predicted octanol–water partition coefficient (Wildman–Crippen LogP) is 10.4. The zero-order valence-electron chi connectivity index (χ0n) is 34.2. The Morgan fingerprint density at radius 1 is 0.574 bits per heavy atom. The Bertz CT molecular complexity index is 1050. The van der Waals surface area contributed by atoms with Crippen LogP contribution in [0, 0.1) is 0 Å². The number of esters is 1. The van der Waals surface area contributed by atoms with Gasteiger partial charge in [0, 0.05) is 12.8 Å². The van der Waals surface area contributed by atoms with E-state index >= 15 is 0 Å². The van der Waals surface area contributed by atoms with Gasteiger partial charge in [-0.2, -0.15) is 0 Å². The number of aliphatic hydroxyl groups is 1. The summed E-state index contributed by atoms with van der Waals surface area (Å²) < 4.78 is 5.90. The first-order valence-electron chi connectivity index (χ1n) is 21.5. The highest BCUT2D eigenvalue weighted by molar-refractivity contribution is 5.87. The summed E-state index contributed by atoms with van der Waals surface area (Å²) in [6.07, 6.45) is 45.8. The topological polar surface area (TPSA) is 142 Å². The van der Waals surface area contributed by atoms with Gasteiger partial charge in [-0.1, -0.05) is 140 Å². The molecule has 0 fully saturated rings. The van der Waals surface area contributed by atoms with Crippen LogP contribution < -0.4 is 10.6 Å². The number of carbonyl (C=O) groups excluding carboxylic acids is 3. The first-order chi connectivity index (χ1) is 26.3. The fourth-order valence-electron chi connectivity index (χ4n) is 5.92. The quantitative estimate of drug-likeness (QED) is 0.0279. The summed E-state index contributed by atoms with van der Waals surface area (Å²) in [4.78, 5) is 47.5. The van der Waals surface area contributed by atoms with Gasteiger partial charge in [0.2, 0.25) is 11.8 Å². The number of unbranched alkanes of at least 4 members (excludes halogenated alkanes) is 18. The van der Waals surface area contributed by atoms with Gasteiger partial charge in [-0.3, -0.25) is 14.4 Å². The van der Waals surface area contributed by atoms with Crippen molar-refractivity contribution < 1.29 is 34.1 Å². The normalized spacial score (nSPS) is 12.9. The van der Waals surface area contributed by atoms with Gasteiger partial charge in [0.15, 0.2) is 0 Å². The van der Waals surface area contributed by atoms with Crippen LogP contribution in [-0.4, -0.2) is 59.3 Å². The van der Waals surface area contributed by atoms with Crippen LogP contribution in [0.15, 0.2) is 48.6 Å². The van der Waals surface area contributed by atoms with Gasteiger partial charge in [-0.25, -0.2) is 4.79 Å². The van der Waals surface area contributed by atoms with Crippen LogP contribution in [0.25, 0.3) is 0 Å². The Morgan fingerprint density at radius 2 is 1.06 bits per heavy atom. The average molecular weight is 759 g/mol. The molecule has 0 rings (SSSR count). The number of hydrogen-bond donors (Lipinski definition) is 4. The monoisotopic (exact) mass is 759 g/mol. The predicted molar refractivity (Wildman–Crippen MR) is 222 cm³/mol. The molecule has 2 amide bonds. The van der Waals surface area contributed by atoms with Crippen LogP contribution in [0.1, 0.15) is 187 Å².